The Bertz CT molecular complexity index is 602. The summed E-state index contributed by atoms with van der Waals surface area (Å²) < 4.78 is 0. The molecular weight excluding hydrogens is 330 g/mol. The molecule has 1 aromatic heterocycles. The average molecular weight is 354 g/mol. The number of hydrogen-bond donors (Lipinski definition) is 2. The van der Waals surface area contributed by atoms with E-state index in [1.54, 1.807) is 13.1 Å². The first-order chi connectivity index (χ1) is 11.4. The molecule has 0 radical (unpaired) electrons. The first-order valence-corrected chi connectivity index (χ1v) is 8.38. The molecule has 2 amide bonds. The third-order valence-electron chi connectivity index (χ3n) is 4.35. The summed E-state index contributed by atoms with van der Waals surface area (Å²) in [5.41, 5.74) is 5.54. The van der Waals surface area contributed by atoms with Crippen molar-refractivity contribution in [2.45, 2.75) is 12.8 Å². The Kier molecular flexibility index (Phi) is 6.39. The first kappa shape index (κ1) is 18.5. The second kappa shape index (κ2) is 8.30. The maximum atomic E-state index is 11.4. The number of aromatic nitrogens is 1. The van der Waals surface area contributed by atoms with E-state index in [4.69, 9.17) is 17.3 Å². The lowest BCUT2D eigenvalue weighted by molar-refractivity contribution is -0.122. The fraction of sp³-hybridized carbons (Fsp3) is 0.562. The number of amides is 2. The van der Waals surface area contributed by atoms with Crippen LogP contribution in [0.15, 0.2) is 12.3 Å². The van der Waals surface area contributed by atoms with E-state index in [9.17, 15) is 9.59 Å². The van der Waals surface area contributed by atoms with Crippen molar-refractivity contribution in [3.8, 4) is 0 Å². The van der Waals surface area contributed by atoms with Gasteiger partial charge >= 0.3 is 0 Å². The fourth-order valence-electron chi connectivity index (χ4n) is 2.93. The summed E-state index contributed by atoms with van der Waals surface area (Å²) in [5.74, 6) is 0.678. The fourth-order valence-corrected chi connectivity index (χ4v) is 3.24. The van der Waals surface area contributed by atoms with Crippen LogP contribution in [-0.4, -0.2) is 62.0 Å². The number of primary amides is 1. The number of halogens is 1. The van der Waals surface area contributed by atoms with Crippen molar-refractivity contribution in [2.75, 3.05) is 45.2 Å². The number of likely N-dealkylation sites (tertiary alicyclic amines) is 1. The normalized spacial score (nSPS) is 16.0. The highest BCUT2D eigenvalue weighted by molar-refractivity contribution is 6.33. The van der Waals surface area contributed by atoms with Gasteiger partial charge in [-0.3, -0.25) is 14.5 Å². The van der Waals surface area contributed by atoms with Gasteiger partial charge in [-0.2, -0.15) is 0 Å². The van der Waals surface area contributed by atoms with E-state index in [1.807, 2.05) is 11.9 Å². The number of carbonyl (C=O) groups excluding carboxylic acids is 2. The van der Waals surface area contributed by atoms with Crippen LogP contribution in [0.1, 0.15) is 23.2 Å². The van der Waals surface area contributed by atoms with Crippen molar-refractivity contribution in [1.82, 2.24) is 15.2 Å². The molecule has 2 heterocycles. The number of nitrogens with one attached hydrogen (secondary N) is 1. The highest BCUT2D eigenvalue weighted by Gasteiger charge is 2.22. The van der Waals surface area contributed by atoms with Crippen LogP contribution >= 0.6 is 11.6 Å². The third-order valence-corrected chi connectivity index (χ3v) is 4.63. The Morgan fingerprint density at radius 3 is 2.67 bits per heavy atom. The lowest BCUT2D eigenvalue weighted by Gasteiger charge is -2.33. The Labute approximate surface area is 147 Å². The quantitative estimate of drug-likeness (QED) is 0.786. The van der Waals surface area contributed by atoms with Crippen molar-refractivity contribution in [3.05, 3.63) is 22.8 Å². The molecule has 0 unspecified atom stereocenters. The van der Waals surface area contributed by atoms with E-state index in [0.29, 0.717) is 28.9 Å². The lowest BCUT2D eigenvalue weighted by atomic mass is 9.96. The number of piperidine rings is 1. The molecule has 1 saturated heterocycles. The predicted molar refractivity (Wildman–Crippen MR) is 94.3 cm³/mol. The van der Waals surface area contributed by atoms with Crippen molar-refractivity contribution < 1.29 is 9.59 Å². The van der Waals surface area contributed by atoms with Crippen molar-refractivity contribution in [2.24, 2.45) is 11.7 Å². The monoisotopic (exact) mass is 353 g/mol. The van der Waals surface area contributed by atoms with Crippen LogP contribution in [0.5, 0.6) is 0 Å². The van der Waals surface area contributed by atoms with Crippen LogP contribution < -0.4 is 16.0 Å². The first-order valence-electron chi connectivity index (χ1n) is 8.00. The minimum absolute atomic E-state index is 0.0519. The molecule has 7 nitrogen and oxygen atoms in total. The predicted octanol–water partition coefficient (Wildman–Crippen LogP) is 0.728. The van der Waals surface area contributed by atoms with E-state index in [0.717, 1.165) is 32.5 Å². The number of nitrogens with zero attached hydrogens (tertiary/aromatic N) is 3. The minimum atomic E-state index is -0.540. The standard InChI is InChI=1S/C16H24ClN5O2/c1-19-14(23)10-22-5-3-11(4-6-22)9-21(2)16-13(17)7-12(8-20-16)15(18)24/h7-8,11H,3-6,9-10H2,1-2H3,(H2,18,24)(H,19,23). The van der Waals surface area contributed by atoms with Gasteiger partial charge in [-0.25, -0.2) is 4.98 Å². The molecule has 0 aliphatic carbocycles. The third kappa shape index (κ3) is 4.82. The topological polar surface area (TPSA) is 91.6 Å². The van der Waals surface area contributed by atoms with E-state index in [2.05, 4.69) is 15.2 Å². The Morgan fingerprint density at radius 2 is 2.12 bits per heavy atom. The SMILES string of the molecule is CNC(=O)CN1CCC(CN(C)c2ncc(C(N)=O)cc2Cl)CC1. The average Bonchev–Trinajstić information content (AvgIpc) is 2.56. The Morgan fingerprint density at radius 1 is 1.46 bits per heavy atom. The lowest BCUT2D eigenvalue weighted by Crippen LogP contribution is -2.42. The number of anilines is 1. The molecule has 1 fully saturated rings. The molecule has 0 spiro atoms. The van der Waals surface area contributed by atoms with Gasteiger partial charge in [0.15, 0.2) is 0 Å². The molecule has 0 saturated carbocycles. The highest BCUT2D eigenvalue weighted by atomic mass is 35.5. The van der Waals surface area contributed by atoms with Gasteiger partial charge in [-0.05, 0) is 37.9 Å². The molecule has 8 heteroatoms. The van der Waals surface area contributed by atoms with Gasteiger partial charge in [0.2, 0.25) is 11.8 Å². The molecule has 0 bridgehead atoms. The molecule has 0 atom stereocenters. The summed E-state index contributed by atoms with van der Waals surface area (Å²) in [4.78, 5) is 31.0. The molecule has 2 rings (SSSR count). The number of pyridine rings is 1. The summed E-state index contributed by atoms with van der Waals surface area (Å²) in [6.45, 7) is 3.11. The largest absolute Gasteiger partial charge is 0.366 e. The molecule has 1 aromatic rings. The Hall–Kier alpha value is -1.86. The van der Waals surface area contributed by atoms with Crippen molar-refractivity contribution >= 4 is 29.2 Å². The van der Waals surface area contributed by atoms with Crippen LogP contribution in [0, 0.1) is 5.92 Å². The van der Waals surface area contributed by atoms with Gasteiger partial charge in [-0.15, -0.1) is 0 Å². The van der Waals surface area contributed by atoms with Gasteiger partial charge in [0, 0.05) is 26.8 Å². The van der Waals surface area contributed by atoms with Crippen LogP contribution in [0.2, 0.25) is 5.02 Å². The Balaban J connectivity index is 1.88. The summed E-state index contributed by atoms with van der Waals surface area (Å²) in [5, 5.41) is 3.07. The van der Waals surface area contributed by atoms with Gasteiger partial charge in [0.1, 0.15) is 5.82 Å². The number of nitrogens with two attached hydrogens (primary N) is 1. The van der Waals surface area contributed by atoms with E-state index >= 15 is 0 Å². The summed E-state index contributed by atoms with van der Waals surface area (Å²) >= 11 is 6.22. The van der Waals surface area contributed by atoms with Gasteiger partial charge < -0.3 is 16.0 Å². The zero-order valence-corrected chi connectivity index (χ0v) is 14.8. The number of likely N-dealkylation sites (N-methyl/N-ethyl adjacent to an activating group) is 1. The molecule has 3 N–H and O–H groups in total. The second-order valence-corrected chi connectivity index (χ2v) is 6.57. The maximum Gasteiger partial charge on any atom is 0.250 e. The van der Waals surface area contributed by atoms with E-state index < -0.39 is 5.91 Å². The van der Waals surface area contributed by atoms with Crippen molar-refractivity contribution in [3.63, 3.8) is 0 Å². The van der Waals surface area contributed by atoms with Crippen LogP contribution in [0.4, 0.5) is 5.82 Å². The van der Waals surface area contributed by atoms with Crippen molar-refractivity contribution in [1.29, 1.82) is 0 Å². The number of rotatable bonds is 6. The number of carbonyl (C=O) groups is 2. The summed E-state index contributed by atoms with van der Waals surface area (Å²) in [7, 11) is 3.60. The van der Waals surface area contributed by atoms with Gasteiger partial charge in [0.05, 0.1) is 17.1 Å². The van der Waals surface area contributed by atoms with E-state index in [-0.39, 0.29) is 5.91 Å². The van der Waals surface area contributed by atoms with Crippen LogP contribution in [0.3, 0.4) is 0 Å². The van der Waals surface area contributed by atoms with Gasteiger partial charge in [0.25, 0.3) is 0 Å². The molecule has 0 aromatic carbocycles. The van der Waals surface area contributed by atoms with Crippen LogP contribution in [0.25, 0.3) is 0 Å². The molecule has 1 aliphatic rings. The van der Waals surface area contributed by atoms with E-state index in [1.165, 1.54) is 6.20 Å². The van der Waals surface area contributed by atoms with Gasteiger partial charge in [-0.1, -0.05) is 11.6 Å². The highest BCUT2D eigenvalue weighted by Crippen LogP contribution is 2.26. The summed E-state index contributed by atoms with van der Waals surface area (Å²) in [6.07, 6.45) is 3.50. The molecular formula is C16H24ClN5O2. The molecule has 1 aliphatic heterocycles. The molecule has 132 valence electrons. The maximum absolute atomic E-state index is 11.4. The number of hydrogen-bond acceptors (Lipinski definition) is 5. The zero-order chi connectivity index (χ0) is 17.7. The second-order valence-electron chi connectivity index (χ2n) is 6.17. The zero-order valence-electron chi connectivity index (χ0n) is 14.1. The smallest absolute Gasteiger partial charge is 0.250 e. The minimum Gasteiger partial charge on any atom is -0.366 e. The molecule has 24 heavy (non-hydrogen) atoms. The summed E-state index contributed by atoms with van der Waals surface area (Å²) in [6, 6.07) is 1.55. The van der Waals surface area contributed by atoms with Crippen LogP contribution in [-0.2, 0) is 4.79 Å².